The third-order valence-electron chi connectivity index (χ3n) is 2.30. The molecule has 2 heterocycles. The second-order valence-electron chi connectivity index (χ2n) is 3.78. The number of hydrogen-bond acceptors (Lipinski definition) is 6. The van der Waals surface area contributed by atoms with E-state index < -0.39 is 0 Å². The number of pyridine rings is 1. The maximum absolute atomic E-state index is 8.96. The molecule has 0 aromatic carbocycles. The first-order valence-corrected chi connectivity index (χ1v) is 5.36. The van der Waals surface area contributed by atoms with Gasteiger partial charge in [0.25, 0.3) is 0 Å². The Bertz CT molecular complexity index is 585. The van der Waals surface area contributed by atoms with Crippen LogP contribution in [0.1, 0.15) is 17.0 Å². The van der Waals surface area contributed by atoms with Crippen molar-refractivity contribution >= 4 is 11.5 Å². The van der Waals surface area contributed by atoms with Crippen molar-refractivity contribution in [1.29, 1.82) is 5.26 Å². The standard InChI is InChI=1S/C12H12N6/c1-8-4-16-11(6-15-8)7-18-12-9(3-13)2-10(14)5-17-12/h2,4-6H,7,14H2,1H3,(H,17,18). The minimum absolute atomic E-state index is 0.412. The van der Waals surface area contributed by atoms with Gasteiger partial charge in [0.05, 0.1) is 41.6 Å². The van der Waals surface area contributed by atoms with Crippen molar-refractivity contribution in [3.63, 3.8) is 0 Å². The molecule has 0 aliphatic carbocycles. The highest BCUT2D eigenvalue weighted by atomic mass is 15.0. The van der Waals surface area contributed by atoms with Crippen LogP contribution in [0, 0.1) is 18.3 Å². The van der Waals surface area contributed by atoms with Crippen LogP contribution in [-0.4, -0.2) is 15.0 Å². The van der Waals surface area contributed by atoms with E-state index in [1.165, 1.54) is 6.20 Å². The molecule has 0 bridgehead atoms. The summed E-state index contributed by atoms with van der Waals surface area (Å²) in [5.41, 5.74) is 8.08. The van der Waals surface area contributed by atoms with Gasteiger partial charge in [0, 0.05) is 6.20 Å². The van der Waals surface area contributed by atoms with Gasteiger partial charge >= 0.3 is 0 Å². The van der Waals surface area contributed by atoms with Crippen molar-refractivity contribution in [3.05, 3.63) is 41.6 Å². The Hall–Kier alpha value is -2.68. The van der Waals surface area contributed by atoms with Gasteiger partial charge in [0.1, 0.15) is 11.9 Å². The number of hydrogen-bond donors (Lipinski definition) is 2. The molecule has 3 N–H and O–H groups in total. The minimum Gasteiger partial charge on any atom is -0.397 e. The van der Waals surface area contributed by atoms with E-state index in [4.69, 9.17) is 11.0 Å². The molecule has 6 nitrogen and oxygen atoms in total. The van der Waals surface area contributed by atoms with Gasteiger partial charge in [-0.3, -0.25) is 9.97 Å². The third-order valence-corrected chi connectivity index (χ3v) is 2.30. The summed E-state index contributed by atoms with van der Waals surface area (Å²) in [6, 6.07) is 3.62. The van der Waals surface area contributed by atoms with Crippen molar-refractivity contribution < 1.29 is 0 Å². The molecule has 2 aromatic rings. The Labute approximate surface area is 105 Å². The zero-order valence-corrected chi connectivity index (χ0v) is 9.88. The number of nitrogens with zero attached hydrogens (tertiary/aromatic N) is 4. The van der Waals surface area contributed by atoms with Crippen LogP contribution >= 0.6 is 0 Å². The van der Waals surface area contributed by atoms with Crippen LogP contribution in [0.2, 0.25) is 0 Å². The van der Waals surface area contributed by atoms with Crippen LogP contribution in [-0.2, 0) is 6.54 Å². The van der Waals surface area contributed by atoms with Crippen LogP contribution in [0.4, 0.5) is 11.5 Å². The molecule has 0 aliphatic heterocycles. The molecule has 2 rings (SSSR count). The number of nitrogen functional groups attached to an aromatic ring is 1. The smallest absolute Gasteiger partial charge is 0.144 e. The summed E-state index contributed by atoms with van der Waals surface area (Å²) in [4.78, 5) is 12.4. The lowest BCUT2D eigenvalue weighted by molar-refractivity contribution is 0.976. The number of aromatic nitrogens is 3. The number of nitrogens with two attached hydrogens (primary N) is 1. The molecule has 0 amide bonds. The molecule has 0 saturated heterocycles. The minimum atomic E-state index is 0.412. The molecular weight excluding hydrogens is 228 g/mol. The summed E-state index contributed by atoms with van der Waals surface area (Å²) < 4.78 is 0. The van der Waals surface area contributed by atoms with E-state index in [-0.39, 0.29) is 0 Å². The summed E-state index contributed by atoms with van der Waals surface area (Å²) in [7, 11) is 0. The summed E-state index contributed by atoms with van der Waals surface area (Å²) in [6.07, 6.45) is 4.88. The van der Waals surface area contributed by atoms with Crippen molar-refractivity contribution in [2.45, 2.75) is 13.5 Å². The van der Waals surface area contributed by atoms with Crippen molar-refractivity contribution in [2.24, 2.45) is 0 Å². The van der Waals surface area contributed by atoms with E-state index in [0.717, 1.165) is 11.4 Å². The van der Waals surface area contributed by atoms with Gasteiger partial charge in [-0.1, -0.05) is 0 Å². The maximum atomic E-state index is 8.96. The second kappa shape index (κ2) is 5.10. The number of nitrogens with one attached hydrogen (secondary N) is 1. The van der Waals surface area contributed by atoms with E-state index in [1.54, 1.807) is 18.5 Å². The molecule has 0 radical (unpaired) electrons. The highest BCUT2D eigenvalue weighted by Crippen LogP contribution is 2.14. The van der Waals surface area contributed by atoms with Crippen molar-refractivity contribution in [3.8, 4) is 6.07 Å². The Kier molecular flexibility index (Phi) is 3.34. The molecule has 0 unspecified atom stereocenters. The number of aryl methyl sites for hydroxylation is 1. The summed E-state index contributed by atoms with van der Waals surface area (Å²) in [5.74, 6) is 0.495. The third kappa shape index (κ3) is 2.71. The fourth-order valence-electron chi connectivity index (χ4n) is 1.39. The number of anilines is 2. The molecule has 90 valence electrons. The Morgan fingerprint density at radius 1 is 1.28 bits per heavy atom. The Balaban J connectivity index is 2.11. The Morgan fingerprint density at radius 2 is 2.11 bits per heavy atom. The highest BCUT2D eigenvalue weighted by molar-refractivity contribution is 5.57. The first-order chi connectivity index (χ1) is 8.69. The average Bonchev–Trinajstić information content (AvgIpc) is 2.39. The van der Waals surface area contributed by atoms with Gasteiger partial charge < -0.3 is 11.1 Å². The van der Waals surface area contributed by atoms with Crippen LogP contribution in [0.3, 0.4) is 0 Å². The van der Waals surface area contributed by atoms with Gasteiger partial charge in [0.2, 0.25) is 0 Å². The largest absolute Gasteiger partial charge is 0.397 e. The number of nitriles is 1. The van der Waals surface area contributed by atoms with E-state index in [9.17, 15) is 0 Å². The predicted molar refractivity (Wildman–Crippen MR) is 67.5 cm³/mol. The molecule has 6 heteroatoms. The van der Waals surface area contributed by atoms with E-state index in [1.807, 2.05) is 13.0 Å². The molecule has 0 saturated carbocycles. The van der Waals surface area contributed by atoms with Crippen LogP contribution in [0.25, 0.3) is 0 Å². The van der Waals surface area contributed by atoms with Crippen LogP contribution in [0.5, 0.6) is 0 Å². The SMILES string of the molecule is Cc1cnc(CNc2ncc(N)cc2C#N)cn1. The molecule has 2 aromatic heterocycles. The fraction of sp³-hybridized carbons (Fsp3) is 0.167. The molecule has 0 atom stereocenters. The van der Waals surface area contributed by atoms with E-state index in [2.05, 4.69) is 20.3 Å². The van der Waals surface area contributed by atoms with Crippen molar-refractivity contribution in [2.75, 3.05) is 11.1 Å². The van der Waals surface area contributed by atoms with E-state index in [0.29, 0.717) is 23.6 Å². The Morgan fingerprint density at radius 3 is 2.78 bits per heavy atom. The zero-order chi connectivity index (χ0) is 13.0. The van der Waals surface area contributed by atoms with E-state index >= 15 is 0 Å². The normalized spacial score (nSPS) is 9.78. The quantitative estimate of drug-likeness (QED) is 0.837. The lowest BCUT2D eigenvalue weighted by Gasteiger charge is -2.07. The van der Waals surface area contributed by atoms with Crippen molar-refractivity contribution in [1.82, 2.24) is 15.0 Å². The summed E-state index contributed by atoms with van der Waals surface area (Å²) in [6.45, 7) is 2.33. The fourth-order valence-corrected chi connectivity index (χ4v) is 1.39. The highest BCUT2D eigenvalue weighted by Gasteiger charge is 2.04. The maximum Gasteiger partial charge on any atom is 0.144 e. The van der Waals surface area contributed by atoms with Gasteiger partial charge in [0.15, 0.2) is 0 Å². The first kappa shape index (κ1) is 11.8. The lowest BCUT2D eigenvalue weighted by Crippen LogP contribution is -2.06. The summed E-state index contributed by atoms with van der Waals surface area (Å²) >= 11 is 0. The number of rotatable bonds is 3. The average molecular weight is 240 g/mol. The second-order valence-corrected chi connectivity index (χ2v) is 3.78. The first-order valence-electron chi connectivity index (χ1n) is 5.36. The lowest BCUT2D eigenvalue weighted by atomic mass is 10.2. The van der Waals surface area contributed by atoms with Gasteiger partial charge in [-0.25, -0.2) is 4.98 Å². The van der Waals surface area contributed by atoms with Gasteiger partial charge in [-0.05, 0) is 13.0 Å². The predicted octanol–water partition coefficient (Wildman–Crippen LogP) is 1.25. The zero-order valence-electron chi connectivity index (χ0n) is 9.88. The molecule has 0 fully saturated rings. The monoisotopic (exact) mass is 240 g/mol. The van der Waals surface area contributed by atoms with Gasteiger partial charge in [-0.15, -0.1) is 0 Å². The summed E-state index contributed by atoms with van der Waals surface area (Å²) in [5, 5.41) is 12.0. The van der Waals surface area contributed by atoms with Crippen LogP contribution < -0.4 is 11.1 Å². The molecule has 18 heavy (non-hydrogen) atoms. The molecule has 0 spiro atoms. The molecule has 0 aliphatic rings. The topological polar surface area (TPSA) is 101 Å². The molecular formula is C12H12N6. The van der Waals surface area contributed by atoms with Crippen LogP contribution in [0.15, 0.2) is 24.7 Å². The van der Waals surface area contributed by atoms with Gasteiger partial charge in [-0.2, -0.15) is 5.26 Å².